The second kappa shape index (κ2) is 10.0. The van der Waals surface area contributed by atoms with Crippen LogP contribution in [0.2, 0.25) is 0 Å². The molecule has 3 unspecified atom stereocenters. The van der Waals surface area contributed by atoms with Crippen LogP contribution in [0.3, 0.4) is 0 Å². The van der Waals surface area contributed by atoms with Gasteiger partial charge in [0.1, 0.15) is 0 Å². The molecule has 9 nitrogen and oxygen atoms in total. The lowest BCUT2D eigenvalue weighted by atomic mass is 9.97. The van der Waals surface area contributed by atoms with Gasteiger partial charge in [0.05, 0.1) is 18.0 Å². The topological polar surface area (TPSA) is 109 Å². The van der Waals surface area contributed by atoms with Crippen molar-refractivity contribution in [3.05, 3.63) is 35.7 Å². The van der Waals surface area contributed by atoms with Gasteiger partial charge in [-0.3, -0.25) is 19.4 Å². The highest BCUT2D eigenvalue weighted by Gasteiger charge is 2.34. The fraction of sp³-hybridized carbons (Fsp3) is 0.583. The van der Waals surface area contributed by atoms with Gasteiger partial charge in [-0.1, -0.05) is 35.0 Å². The van der Waals surface area contributed by atoms with E-state index in [0.29, 0.717) is 24.8 Å². The van der Waals surface area contributed by atoms with Crippen LogP contribution >= 0.6 is 0 Å². The minimum Gasteiger partial charge on any atom is -0.369 e. The molecule has 1 aromatic carbocycles. The third-order valence-electron chi connectivity index (χ3n) is 7.05. The van der Waals surface area contributed by atoms with Crippen LogP contribution in [-0.2, 0) is 9.59 Å². The molecular formula is C24H34N6O3. The minimum absolute atomic E-state index is 0.00303. The van der Waals surface area contributed by atoms with Gasteiger partial charge in [-0.05, 0) is 33.6 Å². The number of aryl methyl sites for hydroxylation is 1. The monoisotopic (exact) mass is 454 g/mol. The summed E-state index contributed by atoms with van der Waals surface area (Å²) < 4.78 is 5.57. The van der Waals surface area contributed by atoms with E-state index in [0.717, 1.165) is 44.6 Å². The van der Waals surface area contributed by atoms with Crippen LogP contribution in [0.15, 0.2) is 28.8 Å². The van der Waals surface area contributed by atoms with Crippen LogP contribution in [0.1, 0.15) is 44.2 Å². The largest absolute Gasteiger partial charge is 0.369 e. The molecular weight excluding hydrogens is 420 g/mol. The number of benzene rings is 1. The summed E-state index contributed by atoms with van der Waals surface area (Å²) in [7, 11) is 0. The van der Waals surface area contributed by atoms with Gasteiger partial charge in [0.25, 0.3) is 0 Å². The van der Waals surface area contributed by atoms with E-state index >= 15 is 0 Å². The zero-order chi connectivity index (χ0) is 23.5. The molecule has 2 aromatic rings. The smallest absolute Gasteiger partial charge is 0.244 e. The van der Waals surface area contributed by atoms with Gasteiger partial charge in [-0.2, -0.15) is 4.98 Å². The van der Waals surface area contributed by atoms with Gasteiger partial charge in [-0.25, -0.2) is 0 Å². The van der Waals surface area contributed by atoms with E-state index in [-0.39, 0.29) is 29.8 Å². The van der Waals surface area contributed by atoms with Gasteiger partial charge in [-0.15, -0.1) is 0 Å². The molecule has 0 aliphatic carbocycles. The first-order valence-corrected chi connectivity index (χ1v) is 11.8. The number of piperidine rings is 1. The summed E-state index contributed by atoms with van der Waals surface area (Å²) in [6.45, 7) is 10.4. The maximum Gasteiger partial charge on any atom is 0.244 e. The van der Waals surface area contributed by atoms with E-state index in [1.54, 1.807) is 0 Å². The Kier molecular flexibility index (Phi) is 7.09. The first-order valence-electron chi connectivity index (χ1n) is 11.8. The second-order valence-corrected chi connectivity index (χ2v) is 9.27. The van der Waals surface area contributed by atoms with Crippen LogP contribution in [-0.4, -0.2) is 82.0 Å². The Hall–Kier alpha value is -2.78. The van der Waals surface area contributed by atoms with Gasteiger partial charge in [0, 0.05) is 44.8 Å². The maximum atomic E-state index is 13.0. The standard InChI is InChI=1S/C24H34N6O3/c1-16-6-8-19(9-7-16)22-26-23(33-27-22)17(2)28-11-13-29(14-12-28)18(3)24(32)30-10-4-5-20(15-30)21(25)31/h6-9,17-18,20H,4-5,10-15H2,1-3H3,(H2,25,31). The molecule has 2 N–H and O–H groups in total. The highest BCUT2D eigenvalue weighted by molar-refractivity contribution is 5.83. The van der Waals surface area contributed by atoms with Gasteiger partial charge >= 0.3 is 0 Å². The normalized spacial score (nSPS) is 22.2. The Morgan fingerprint density at radius 3 is 2.39 bits per heavy atom. The van der Waals surface area contributed by atoms with E-state index < -0.39 is 0 Å². The first kappa shape index (κ1) is 23.4. The molecule has 2 saturated heterocycles. The van der Waals surface area contributed by atoms with Crippen molar-refractivity contribution in [3.63, 3.8) is 0 Å². The number of amides is 2. The molecule has 0 radical (unpaired) electrons. The molecule has 33 heavy (non-hydrogen) atoms. The quantitative estimate of drug-likeness (QED) is 0.709. The summed E-state index contributed by atoms with van der Waals surface area (Å²) >= 11 is 0. The summed E-state index contributed by atoms with van der Waals surface area (Å²) in [6, 6.07) is 7.86. The molecule has 2 aliphatic heterocycles. The molecule has 0 saturated carbocycles. The maximum absolute atomic E-state index is 13.0. The Balaban J connectivity index is 1.31. The average molecular weight is 455 g/mol. The van der Waals surface area contributed by atoms with Crippen molar-refractivity contribution in [1.29, 1.82) is 0 Å². The second-order valence-electron chi connectivity index (χ2n) is 9.27. The Labute approximate surface area is 194 Å². The zero-order valence-electron chi connectivity index (χ0n) is 19.7. The van der Waals surface area contributed by atoms with Crippen molar-refractivity contribution in [3.8, 4) is 11.4 Å². The van der Waals surface area contributed by atoms with E-state index in [4.69, 9.17) is 10.3 Å². The molecule has 4 rings (SSSR count). The fourth-order valence-electron chi connectivity index (χ4n) is 4.72. The molecule has 3 heterocycles. The summed E-state index contributed by atoms with van der Waals surface area (Å²) in [5.74, 6) is 0.752. The summed E-state index contributed by atoms with van der Waals surface area (Å²) in [6.07, 6.45) is 1.59. The lowest BCUT2D eigenvalue weighted by Gasteiger charge is -2.41. The fourth-order valence-corrected chi connectivity index (χ4v) is 4.72. The SMILES string of the molecule is Cc1ccc(-c2noc(C(C)N3CCN(C(C)C(=O)N4CCCC(C(N)=O)C4)CC3)n2)cc1. The van der Waals surface area contributed by atoms with Crippen LogP contribution < -0.4 is 5.73 Å². The number of carbonyl (C=O) groups excluding carboxylic acids is 2. The van der Waals surface area contributed by atoms with E-state index in [9.17, 15) is 9.59 Å². The first-order chi connectivity index (χ1) is 15.8. The van der Waals surface area contributed by atoms with Gasteiger partial charge in [0.2, 0.25) is 23.5 Å². The number of hydrogen-bond donors (Lipinski definition) is 1. The van der Waals surface area contributed by atoms with E-state index in [2.05, 4.69) is 26.9 Å². The predicted molar refractivity (Wildman–Crippen MR) is 124 cm³/mol. The number of nitrogens with two attached hydrogens (primary N) is 1. The molecule has 2 fully saturated rings. The zero-order valence-corrected chi connectivity index (χ0v) is 19.7. The van der Waals surface area contributed by atoms with E-state index in [1.807, 2.05) is 43.0 Å². The van der Waals surface area contributed by atoms with Crippen LogP contribution in [0.25, 0.3) is 11.4 Å². The summed E-state index contributed by atoms with van der Waals surface area (Å²) in [5.41, 5.74) is 7.60. The highest BCUT2D eigenvalue weighted by atomic mass is 16.5. The molecule has 0 spiro atoms. The number of likely N-dealkylation sites (tertiary alicyclic amines) is 1. The number of piperazine rings is 1. The molecule has 3 atom stereocenters. The van der Waals surface area contributed by atoms with E-state index in [1.165, 1.54) is 5.56 Å². The predicted octanol–water partition coefficient (Wildman–Crippen LogP) is 1.84. The number of nitrogens with zero attached hydrogens (tertiary/aromatic N) is 5. The molecule has 1 aromatic heterocycles. The minimum atomic E-state index is -0.311. The average Bonchev–Trinajstić information content (AvgIpc) is 3.33. The Bertz CT molecular complexity index is 967. The van der Waals surface area contributed by atoms with Crippen LogP contribution in [0, 0.1) is 12.8 Å². The van der Waals surface area contributed by atoms with Crippen LogP contribution in [0.4, 0.5) is 0 Å². The molecule has 178 valence electrons. The third kappa shape index (κ3) is 5.25. The Morgan fingerprint density at radius 1 is 1.06 bits per heavy atom. The van der Waals surface area contributed by atoms with Crippen LogP contribution in [0.5, 0.6) is 0 Å². The Morgan fingerprint density at radius 2 is 1.73 bits per heavy atom. The molecule has 2 amide bonds. The van der Waals surface area contributed by atoms with Crippen molar-refractivity contribution in [2.45, 2.75) is 45.7 Å². The lowest BCUT2D eigenvalue weighted by Crippen LogP contribution is -2.56. The number of aromatic nitrogens is 2. The van der Waals surface area contributed by atoms with Gasteiger partial charge in [0.15, 0.2) is 0 Å². The van der Waals surface area contributed by atoms with Crippen molar-refractivity contribution in [1.82, 2.24) is 24.8 Å². The summed E-state index contributed by atoms with van der Waals surface area (Å²) in [4.78, 5) is 35.6. The van der Waals surface area contributed by atoms with Crippen molar-refractivity contribution in [2.24, 2.45) is 11.7 Å². The number of primary amides is 1. The van der Waals surface area contributed by atoms with Crippen molar-refractivity contribution >= 4 is 11.8 Å². The highest BCUT2D eigenvalue weighted by Crippen LogP contribution is 2.25. The lowest BCUT2D eigenvalue weighted by molar-refractivity contribution is -0.140. The number of carbonyl (C=O) groups is 2. The van der Waals surface area contributed by atoms with Crippen molar-refractivity contribution in [2.75, 3.05) is 39.3 Å². The molecule has 0 bridgehead atoms. The van der Waals surface area contributed by atoms with Crippen molar-refractivity contribution < 1.29 is 14.1 Å². The third-order valence-corrected chi connectivity index (χ3v) is 7.05. The molecule has 2 aliphatic rings. The number of hydrogen-bond acceptors (Lipinski definition) is 7. The van der Waals surface area contributed by atoms with Gasteiger partial charge < -0.3 is 15.2 Å². The number of rotatable bonds is 6. The molecule has 9 heteroatoms. The summed E-state index contributed by atoms with van der Waals surface area (Å²) in [5, 5.41) is 4.16.